The summed E-state index contributed by atoms with van der Waals surface area (Å²) in [6.45, 7) is 4.29. The highest BCUT2D eigenvalue weighted by molar-refractivity contribution is 6.02. The predicted molar refractivity (Wildman–Crippen MR) is 74.1 cm³/mol. The summed E-state index contributed by atoms with van der Waals surface area (Å²) in [5.41, 5.74) is 1.42. The van der Waals surface area contributed by atoms with Crippen LogP contribution in [0.5, 0.6) is 0 Å². The fourth-order valence-corrected chi connectivity index (χ4v) is 1.92. The lowest BCUT2D eigenvalue weighted by Crippen LogP contribution is -2.13. The third kappa shape index (κ3) is 3.40. The largest absolute Gasteiger partial charge is 0.304 e. The topological polar surface area (TPSA) is 70.7 Å². The number of carbonyl (C=O) groups is 1. The Labute approximate surface area is 112 Å². The fraction of sp³-hybridized carbons (Fsp3) is 0.357. The molecule has 1 atom stereocenters. The summed E-state index contributed by atoms with van der Waals surface area (Å²) in [5, 5.41) is 9.79. The summed E-state index contributed by atoms with van der Waals surface area (Å²) >= 11 is 0. The minimum absolute atomic E-state index is 0.248. The molecule has 2 rings (SSSR count). The molecule has 100 valence electrons. The van der Waals surface area contributed by atoms with E-state index >= 15 is 0 Å². The maximum atomic E-state index is 11.9. The van der Waals surface area contributed by atoms with Crippen LogP contribution < -0.4 is 5.32 Å². The first-order valence-electron chi connectivity index (χ1n) is 6.48. The lowest BCUT2D eigenvalue weighted by atomic mass is 10.0. The molecule has 19 heavy (non-hydrogen) atoms. The molecular weight excluding hydrogens is 240 g/mol. The van der Waals surface area contributed by atoms with Gasteiger partial charge in [0.05, 0.1) is 0 Å². The van der Waals surface area contributed by atoms with E-state index in [0.29, 0.717) is 17.4 Å². The van der Waals surface area contributed by atoms with Crippen molar-refractivity contribution in [1.82, 2.24) is 15.2 Å². The summed E-state index contributed by atoms with van der Waals surface area (Å²) in [4.78, 5) is 15.9. The van der Waals surface area contributed by atoms with Crippen LogP contribution in [0.2, 0.25) is 0 Å². The Kier molecular flexibility index (Phi) is 4.28. The van der Waals surface area contributed by atoms with Crippen LogP contribution in [0.25, 0.3) is 0 Å². The van der Waals surface area contributed by atoms with Crippen molar-refractivity contribution in [3.8, 4) is 0 Å². The molecular formula is C14H18N4O. The van der Waals surface area contributed by atoms with Gasteiger partial charge in [-0.2, -0.15) is 5.10 Å². The first-order valence-corrected chi connectivity index (χ1v) is 6.48. The summed E-state index contributed by atoms with van der Waals surface area (Å²) in [5.74, 6) is 0.702. The van der Waals surface area contributed by atoms with Crippen LogP contribution in [0.15, 0.2) is 30.5 Å². The SMILES string of the molecule is CCC[C@@H](C)c1cc(NC(=O)c2ccccn2)n[nH]1. The number of hydrogen-bond donors (Lipinski definition) is 2. The first kappa shape index (κ1) is 13.3. The minimum Gasteiger partial charge on any atom is -0.304 e. The zero-order chi connectivity index (χ0) is 13.7. The second-order valence-electron chi connectivity index (χ2n) is 4.57. The Balaban J connectivity index is 2.02. The molecule has 0 aliphatic rings. The number of hydrogen-bond acceptors (Lipinski definition) is 3. The van der Waals surface area contributed by atoms with Crippen molar-refractivity contribution >= 4 is 11.7 Å². The second kappa shape index (κ2) is 6.13. The van der Waals surface area contributed by atoms with Gasteiger partial charge >= 0.3 is 0 Å². The van der Waals surface area contributed by atoms with Crippen LogP contribution >= 0.6 is 0 Å². The van der Waals surface area contributed by atoms with Crippen LogP contribution in [-0.4, -0.2) is 21.1 Å². The third-order valence-corrected chi connectivity index (χ3v) is 2.99. The maximum Gasteiger partial charge on any atom is 0.275 e. The lowest BCUT2D eigenvalue weighted by molar-refractivity contribution is 0.102. The van der Waals surface area contributed by atoms with Gasteiger partial charge < -0.3 is 5.32 Å². The molecule has 2 aromatic rings. The summed E-state index contributed by atoms with van der Waals surface area (Å²) in [7, 11) is 0. The van der Waals surface area contributed by atoms with Gasteiger partial charge in [-0.15, -0.1) is 0 Å². The Bertz CT molecular complexity index is 535. The highest BCUT2D eigenvalue weighted by Gasteiger charge is 2.12. The molecule has 5 nitrogen and oxygen atoms in total. The molecule has 2 heterocycles. The van der Waals surface area contributed by atoms with Crippen molar-refractivity contribution in [3.05, 3.63) is 41.9 Å². The number of H-pyrrole nitrogens is 1. The number of carbonyl (C=O) groups excluding carboxylic acids is 1. The highest BCUT2D eigenvalue weighted by atomic mass is 16.1. The van der Waals surface area contributed by atoms with Crippen molar-refractivity contribution in [1.29, 1.82) is 0 Å². The molecule has 2 aromatic heterocycles. The third-order valence-electron chi connectivity index (χ3n) is 2.99. The average molecular weight is 258 g/mol. The molecule has 0 unspecified atom stereocenters. The van der Waals surface area contributed by atoms with E-state index in [0.717, 1.165) is 18.5 Å². The van der Waals surface area contributed by atoms with Crippen molar-refractivity contribution < 1.29 is 4.79 Å². The Morgan fingerprint density at radius 2 is 2.32 bits per heavy atom. The van der Waals surface area contributed by atoms with E-state index in [1.165, 1.54) is 0 Å². The van der Waals surface area contributed by atoms with E-state index in [2.05, 4.69) is 34.3 Å². The van der Waals surface area contributed by atoms with Gasteiger partial charge in [0.2, 0.25) is 0 Å². The molecule has 0 saturated carbocycles. The molecule has 0 aliphatic carbocycles. The molecule has 0 spiro atoms. The van der Waals surface area contributed by atoms with E-state index in [1.807, 2.05) is 6.07 Å². The van der Waals surface area contributed by atoms with Gasteiger partial charge in [-0.05, 0) is 24.5 Å². The van der Waals surface area contributed by atoms with Crippen LogP contribution in [0.4, 0.5) is 5.82 Å². The van der Waals surface area contributed by atoms with E-state index in [-0.39, 0.29) is 5.91 Å². The van der Waals surface area contributed by atoms with Gasteiger partial charge in [-0.25, -0.2) is 0 Å². The first-order chi connectivity index (χ1) is 9.20. The van der Waals surface area contributed by atoms with Gasteiger partial charge in [-0.1, -0.05) is 26.3 Å². The van der Waals surface area contributed by atoms with Gasteiger partial charge in [0, 0.05) is 18.0 Å². The quantitative estimate of drug-likeness (QED) is 0.866. The number of amides is 1. The van der Waals surface area contributed by atoms with E-state index < -0.39 is 0 Å². The van der Waals surface area contributed by atoms with Crippen LogP contribution in [-0.2, 0) is 0 Å². The monoisotopic (exact) mass is 258 g/mol. The Morgan fingerprint density at radius 1 is 1.47 bits per heavy atom. The number of pyridine rings is 1. The van der Waals surface area contributed by atoms with Crippen LogP contribution in [0.1, 0.15) is 48.8 Å². The van der Waals surface area contributed by atoms with Gasteiger partial charge in [0.15, 0.2) is 5.82 Å². The second-order valence-corrected chi connectivity index (χ2v) is 4.57. The van der Waals surface area contributed by atoms with Crippen molar-refractivity contribution in [2.24, 2.45) is 0 Å². The molecule has 0 bridgehead atoms. The number of aromatic nitrogens is 3. The standard InChI is InChI=1S/C14H18N4O/c1-3-6-10(2)12-9-13(18-17-12)16-14(19)11-7-4-5-8-15-11/h4-5,7-10H,3,6H2,1-2H3,(H2,16,17,18,19)/t10-/m1/s1. The number of nitrogens with one attached hydrogen (secondary N) is 2. The lowest BCUT2D eigenvalue weighted by Gasteiger charge is -2.05. The van der Waals surface area contributed by atoms with Crippen molar-refractivity contribution in [3.63, 3.8) is 0 Å². The summed E-state index contributed by atoms with van der Waals surface area (Å²) in [6.07, 6.45) is 3.81. The Hall–Kier alpha value is -2.17. The number of aromatic amines is 1. The van der Waals surface area contributed by atoms with Gasteiger partial charge in [0.1, 0.15) is 5.69 Å². The Morgan fingerprint density at radius 3 is 3.00 bits per heavy atom. The zero-order valence-corrected chi connectivity index (χ0v) is 11.2. The van der Waals surface area contributed by atoms with Crippen LogP contribution in [0, 0.1) is 0 Å². The van der Waals surface area contributed by atoms with E-state index in [4.69, 9.17) is 0 Å². The summed E-state index contributed by atoms with van der Waals surface area (Å²) in [6, 6.07) is 7.10. The number of anilines is 1. The van der Waals surface area contributed by atoms with E-state index in [9.17, 15) is 4.79 Å². The van der Waals surface area contributed by atoms with Gasteiger partial charge in [0.25, 0.3) is 5.91 Å². The number of nitrogens with zero attached hydrogens (tertiary/aromatic N) is 2. The molecule has 1 amide bonds. The molecule has 0 aliphatic heterocycles. The highest BCUT2D eigenvalue weighted by Crippen LogP contribution is 2.20. The number of rotatable bonds is 5. The normalized spacial score (nSPS) is 12.1. The molecule has 0 fully saturated rings. The smallest absolute Gasteiger partial charge is 0.275 e. The molecule has 2 N–H and O–H groups in total. The van der Waals surface area contributed by atoms with Crippen molar-refractivity contribution in [2.75, 3.05) is 5.32 Å². The minimum atomic E-state index is -0.248. The average Bonchev–Trinajstić information content (AvgIpc) is 2.88. The molecule has 5 heteroatoms. The fourth-order valence-electron chi connectivity index (χ4n) is 1.92. The molecule has 0 saturated heterocycles. The van der Waals surface area contributed by atoms with Crippen molar-refractivity contribution in [2.45, 2.75) is 32.6 Å². The maximum absolute atomic E-state index is 11.9. The predicted octanol–water partition coefficient (Wildman–Crippen LogP) is 2.96. The zero-order valence-electron chi connectivity index (χ0n) is 11.2. The molecule has 0 aromatic carbocycles. The summed E-state index contributed by atoms with van der Waals surface area (Å²) < 4.78 is 0. The van der Waals surface area contributed by atoms with E-state index in [1.54, 1.807) is 24.4 Å². The van der Waals surface area contributed by atoms with Crippen LogP contribution in [0.3, 0.4) is 0 Å². The van der Waals surface area contributed by atoms with Gasteiger partial charge in [-0.3, -0.25) is 14.9 Å². The molecule has 0 radical (unpaired) electrons.